The van der Waals surface area contributed by atoms with E-state index in [9.17, 15) is 9.90 Å². The van der Waals surface area contributed by atoms with Crippen LogP contribution in [0.3, 0.4) is 0 Å². The van der Waals surface area contributed by atoms with Crippen LogP contribution in [0.25, 0.3) is 0 Å². The van der Waals surface area contributed by atoms with Crippen LogP contribution in [0.5, 0.6) is 0 Å². The first-order valence-corrected chi connectivity index (χ1v) is 5.79. The molecule has 2 saturated carbocycles. The number of carbonyl (C=O) groups excluding carboxylic acids is 1. The second kappa shape index (κ2) is 4.10. The molecule has 0 heterocycles. The average molecular weight is 212 g/mol. The van der Waals surface area contributed by atoms with Gasteiger partial charge >= 0.3 is 0 Å². The Morgan fingerprint density at radius 3 is 2.60 bits per heavy atom. The lowest BCUT2D eigenvalue weighted by Gasteiger charge is -2.17. The zero-order valence-corrected chi connectivity index (χ0v) is 9.15. The number of aliphatic hydroxyl groups is 1. The SMILES string of the molecule is CC(O)C(N)CNC(=O)C1CC2CC2C1. The van der Waals surface area contributed by atoms with Gasteiger partial charge < -0.3 is 16.2 Å². The van der Waals surface area contributed by atoms with Gasteiger partial charge in [0.25, 0.3) is 0 Å². The monoisotopic (exact) mass is 212 g/mol. The first-order valence-electron chi connectivity index (χ1n) is 5.79. The van der Waals surface area contributed by atoms with Crippen LogP contribution >= 0.6 is 0 Å². The van der Waals surface area contributed by atoms with Gasteiger partial charge in [-0.25, -0.2) is 0 Å². The van der Waals surface area contributed by atoms with E-state index in [4.69, 9.17) is 5.73 Å². The fraction of sp³-hybridized carbons (Fsp3) is 0.909. The highest BCUT2D eigenvalue weighted by atomic mass is 16.3. The maximum atomic E-state index is 11.7. The molecule has 0 bridgehead atoms. The normalized spacial score (nSPS) is 36.9. The van der Waals surface area contributed by atoms with Crippen LogP contribution in [0, 0.1) is 17.8 Å². The number of nitrogens with two attached hydrogens (primary N) is 1. The van der Waals surface area contributed by atoms with Crippen molar-refractivity contribution in [2.45, 2.75) is 38.3 Å². The van der Waals surface area contributed by atoms with Gasteiger partial charge in [0.1, 0.15) is 0 Å². The number of fused-ring (bicyclic) bond motifs is 1. The van der Waals surface area contributed by atoms with E-state index in [1.807, 2.05) is 0 Å². The van der Waals surface area contributed by atoms with Gasteiger partial charge in [-0.15, -0.1) is 0 Å². The largest absolute Gasteiger partial charge is 0.392 e. The zero-order valence-electron chi connectivity index (χ0n) is 9.15. The molecule has 2 aliphatic carbocycles. The van der Waals surface area contributed by atoms with Crippen molar-refractivity contribution in [1.29, 1.82) is 0 Å². The number of aliphatic hydroxyl groups excluding tert-OH is 1. The molecule has 0 aromatic carbocycles. The third kappa shape index (κ3) is 2.49. The Morgan fingerprint density at radius 2 is 2.07 bits per heavy atom. The fourth-order valence-electron chi connectivity index (χ4n) is 2.46. The molecule has 4 nitrogen and oxygen atoms in total. The molecule has 0 radical (unpaired) electrons. The van der Waals surface area contributed by atoms with Crippen molar-refractivity contribution >= 4 is 5.91 Å². The Bertz CT molecular complexity index is 245. The minimum absolute atomic E-state index is 0.123. The highest BCUT2D eigenvalue weighted by molar-refractivity contribution is 5.79. The van der Waals surface area contributed by atoms with E-state index in [-0.39, 0.29) is 17.9 Å². The first-order chi connectivity index (χ1) is 7.08. The standard InChI is InChI=1S/C11H20N2O2/c1-6(14)10(12)5-13-11(15)9-3-7-2-8(7)4-9/h6-10,14H,2-5,12H2,1H3,(H,13,15). The Kier molecular flexibility index (Phi) is 2.98. The number of carbonyl (C=O) groups is 1. The van der Waals surface area contributed by atoms with Crippen molar-refractivity contribution in [2.75, 3.05) is 6.54 Å². The van der Waals surface area contributed by atoms with Crippen molar-refractivity contribution in [2.24, 2.45) is 23.5 Å². The minimum atomic E-state index is -0.567. The molecule has 2 rings (SSSR count). The van der Waals surface area contributed by atoms with Crippen LogP contribution in [0.1, 0.15) is 26.2 Å². The lowest BCUT2D eigenvalue weighted by molar-refractivity contribution is -0.125. The van der Waals surface area contributed by atoms with Gasteiger partial charge in [-0.1, -0.05) is 0 Å². The molecular weight excluding hydrogens is 192 g/mol. The molecule has 0 aromatic rings. The first kappa shape index (κ1) is 10.9. The second-order valence-corrected chi connectivity index (χ2v) is 5.07. The summed E-state index contributed by atoms with van der Waals surface area (Å²) in [5, 5.41) is 12.0. The fourth-order valence-corrected chi connectivity index (χ4v) is 2.46. The molecule has 86 valence electrons. The molecule has 0 spiro atoms. The molecule has 4 N–H and O–H groups in total. The summed E-state index contributed by atoms with van der Waals surface area (Å²) in [4.78, 5) is 11.7. The van der Waals surface area contributed by atoms with Gasteiger partial charge in [-0.2, -0.15) is 0 Å². The molecular formula is C11H20N2O2. The predicted octanol–water partition coefficient (Wildman–Crippen LogP) is -0.143. The maximum absolute atomic E-state index is 11.7. The number of hydrogen-bond acceptors (Lipinski definition) is 3. The average Bonchev–Trinajstić information content (AvgIpc) is 2.81. The van der Waals surface area contributed by atoms with E-state index in [0.717, 1.165) is 24.7 Å². The molecule has 4 unspecified atom stereocenters. The van der Waals surface area contributed by atoms with Gasteiger partial charge in [0.05, 0.1) is 6.10 Å². The van der Waals surface area contributed by atoms with E-state index < -0.39 is 6.10 Å². The van der Waals surface area contributed by atoms with E-state index >= 15 is 0 Å². The molecule has 1 amide bonds. The zero-order chi connectivity index (χ0) is 11.0. The van der Waals surface area contributed by atoms with Crippen LogP contribution in [-0.4, -0.2) is 29.7 Å². The van der Waals surface area contributed by atoms with Crippen molar-refractivity contribution in [3.05, 3.63) is 0 Å². The highest BCUT2D eigenvalue weighted by Crippen LogP contribution is 2.54. The van der Waals surface area contributed by atoms with Crippen molar-refractivity contribution in [3.8, 4) is 0 Å². The summed E-state index contributed by atoms with van der Waals surface area (Å²) in [5.41, 5.74) is 5.63. The summed E-state index contributed by atoms with van der Waals surface area (Å²) in [6.45, 7) is 2.02. The van der Waals surface area contributed by atoms with Crippen LogP contribution < -0.4 is 11.1 Å². The summed E-state index contributed by atoms with van der Waals surface area (Å²) in [6, 6.07) is -0.357. The van der Waals surface area contributed by atoms with Crippen molar-refractivity contribution < 1.29 is 9.90 Å². The van der Waals surface area contributed by atoms with Crippen LogP contribution in [-0.2, 0) is 4.79 Å². The second-order valence-electron chi connectivity index (χ2n) is 5.07. The Morgan fingerprint density at radius 1 is 1.47 bits per heavy atom. The smallest absolute Gasteiger partial charge is 0.223 e. The molecule has 0 saturated heterocycles. The Labute approximate surface area is 90.2 Å². The minimum Gasteiger partial charge on any atom is -0.392 e. The molecule has 2 fully saturated rings. The third-order valence-corrected chi connectivity index (χ3v) is 3.75. The van der Waals surface area contributed by atoms with Gasteiger partial charge in [-0.05, 0) is 38.0 Å². The molecule has 4 atom stereocenters. The highest BCUT2D eigenvalue weighted by Gasteiger charge is 2.47. The van der Waals surface area contributed by atoms with Crippen LogP contribution in [0.15, 0.2) is 0 Å². The van der Waals surface area contributed by atoms with Crippen LogP contribution in [0.4, 0.5) is 0 Å². The quantitative estimate of drug-likeness (QED) is 0.607. The predicted molar refractivity (Wildman–Crippen MR) is 57.0 cm³/mol. The van der Waals surface area contributed by atoms with E-state index in [1.54, 1.807) is 6.92 Å². The summed E-state index contributed by atoms with van der Waals surface area (Å²) < 4.78 is 0. The number of nitrogens with one attached hydrogen (secondary N) is 1. The number of amides is 1. The van der Waals surface area contributed by atoms with Gasteiger partial charge in [-0.3, -0.25) is 4.79 Å². The summed E-state index contributed by atoms with van der Waals surface area (Å²) in [7, 11) is 0. The van der Waals surface area contributed by atoms with E-state index in [2.05, 4.69) is 5.32 Å². The Hall–Kier alpha value is -0.610. The van der Waals surface area contributed by atoms with Gasteiger partial charge in [0, 0.05) is 18.5 Å². The lowest BCUT2D eigenvalue weighted by Crippen LogP contribution is -2.45. The molecule has 4 heteroatoms. The van der Waals surface area contributed by atoms with E-state index in [1.165, 1.54) is 6.42 Å². The summed E-state index contributed by atoms with van der Waals surface area (Å²) in [5.74, 6) is 1.98. The molecule has 0 aliphatic heterocycles. The van der Waals surface area contributed by atoms with Crippen molar-refractivity contribution in [3.63, 3.8) is 0 Å². The molecule has 15 heavy (non-hydrogen) atoms. The Balaban J connectivity index is 1.68. The molecule has 2 aliphatic rings. The third-order valence-electron chi connectivity index (χ3n) is 3.75. The van der Waals surface area contributed by atoms with Crippen molar-refractivity contribution in [1.82, 2.24) is 5.32 Å². The number of hydrogen-bond donors (Lipinski definition) is 3. The van der Waals surface area contributed by atoms with Gasteiger partial charge in [0.15, 0.2) is 0 Å². The maximum Gasteiger partial charge on any atom is 0.223 e. The van der Waals surface area contributed by atoms with E-state index in [0.29, 0.717) is 6.54 Å². The topological polar surface area (TPSA) is 75.3 Å². The van der Waals surface area contributed by atoms with Crippen LogP contribution in [0.2, 0.25) is 0 Å². The lowest BCUT2D eigenvalue weighted by atomic mass is 10.0. The number of rotatable bonds is 4. The molecule has 0 aromatic heterocycles. The van der Waals surface area contributed by atoms with Gasteiger partial charge in [0.2, 0.25) is 5.91 Å². The summed E-state index contributed by atoms with van der Waals surface area (Å²) in [6.07, 6.45) is 2.87. The summed E-state index contributed by atoms with van der Waals surface area (Å²) >= 11 is 0.